The average Bonchev–Trinajstić information content (AvgIpc) is 2.32. The number of nitrogen functional groups attached to an aromatic ring is 1. The molecule has 1 unspecified atom stereocenters. The van der Waals surface area contributed by atoms with Crippen LogP contribution in [-0.2, 0) is 16.6 Å². The average molecular weight is 345 g/mol. The predicted molar refractivity (Wildman–Crippen MR) is 80.1 cm³/mol. The third kappa shape index (κ3) is 3.34. The number of halogens is 2. The quantitative estimate of drug-likeness (QED) is 0.855. The highest BCUT2D eigenvalue weighted by Crippen LogP contribution is 2.23. The van der Waals surface area contributed by atoms with E-state index in [-0.39, 0.29) is 0 Å². The Kier molecular flexibility index (Phi) is 4.43. The summed E-state index contributed by atoms with van der Waals surface area (Å²) in [7, 11) is -1.12. The monoisotopic (exact) mass is 343 g/mol. The summed E-state index contributed by atoms with van der Waals surface area (Å²) in [5.41, 5.74) is 7.07. The van der Waals surface area contributed by atoms with Crippen molar-refractivity contribution < 1.29 is 4.21 Å². The molecule has 0 saturated carbocycles. The first-order valence-electron chi connectivity index (χ1n) is 5.24. The molecule has 2 rings (SSSR count). The smallest absolute Gasteiger partial charge is 0.0575 e. The molecule has 0 radical (unpaired) electrons. The first-order chi connectivity index (χ1) is 8.56. The predicted octanol–water partition coefficient (Wildman–Crippen LogP) is 3.99. The maximum absolute atomic E-state index is 12.2. The second-order valence-electron chi connectivity index (χ2n) is 3.80. The minimum absolute atomic E-state index is 0.384. The second kappa shape index (κ2) is 5.87. The van der Waals surface area contributed by atoms with Crippen LogP contribution in [0, 0.1) is 0 Å². The van der Waals surface area contributed by atoms with E-state index in [1.54, 1.807) is 12.1 Å². The van der Waals surface area contributed by atoms with Crippen molar-refractivity contribution in [3.63, 3.8) is 0 Å². The van der Waals surface area contributed by atoms with Crippen LogP contribution in [0.2, 0.25) is 5.02 Å². The molecule has 0 saturated heterocycles. The van der Waals surface area contributed by atoms with Gasteiger partial charge in [0.05, 0.1) is 16.6 Å². The van der Waals surface area contributed by atoms with Gasteiger partial charge >= 0.3 is 0 Å². The largest absolute Gasteiger partial charge is 0.399 e. The van der Waals surface area contributed by atoms with Crippen molar-refractivity contribution in [3.8, 4) is 0 Å². The summed E-state index contributed by atoms with van der Waals surface area (Å²) in [5, 5.41) is 0.554. The molecule has 0 spiro atoms. The number of hydrogen-bond acceptors (Lipinski definition) is 2. The van der Waals surface area contributed by atoms with Crippen LogP contribution in [0.5, 0.6) is 0 Å². The third-order valence-electron chi connectivity index (χ3n) is 2.42. The van der Waals surface area contributed by atoms with Crippen LogP contribution in [0.4, 0.5) is 5.69 Å². The van der Waals surface area contributed by atoms with E-state index in [1.165, 1.54) is 0 Å². The summed E-state index contributed by atoms with van der Waals surface area (Å²) < 4.78 is 13.1. The van der Waals surface area contributed by atoms with Gasteiger partial charge in [-0.25, -0.2) is 0 Å². The van der Waals surface area contributed by atoms with Crippen molar-refractivity contribution in [1.29, 1.82) is 0 Å². The van der Waals surface area contributed by atoms with Crippen molar-refractivity contribution >= 4 is 44.0 Å². The fraction of sp³-hybridized carbons (Fsp3) is 0.0769. The fourth-order valence-corrected chi connectivity index (χ4v) is 3.59. The van der Waals surface area contributed by atoms with Gasteiger partial charge in [0.15, 0.2) is 0 Å². The first kappa shape index (κ1) is 13.6. The lowest BCUT2D eigenvalue weighted by atomic mass is 10.2. The van der Waals surface area contributed by atoms with E-state index in [0.717, 1.165) is 14.9 Å². The Morgan fingerprint density at radius 1 is 1.22 bits per heavy atom. The Balaban J connectivity index is 2.21. The minimum Gasteiger partial charge on any atom is -0.399 e. The Labute approximate surface area is 122 Å². The molecular weight excluding hydrogens is 334 g/mol. The highest BCUT2D eigenvalue weighted by atomic mass is 79.9. The first-order valence-corrected chi connectivity index (χ1v) is 7.73. The number of rotatable bonds is 3. The SMILES string of the molecule is Nc1ccc(CS(=O)c2cccc(Br)c2)c(Cl)c1. The Morgan fingerprint density at radius 3 is 2.67 bits per heavy atom. The van der Waals surface area contributed by atoms with Crippen LogP contribution < -0.4 is 5.73 Å². The normalized spacial score (nSPS) is 12.3. The van der Waals surface area contributed by atoms with Crippen molar-refractivity contribution in [3.05, 3.63) is 57.5 Å². The third-order valence-corrected chi connectivity index (χ3v) is 4.62. The van der Waals surface area contributed by atoms with E-state index in [0.29, 0.717) is 16.5 Å². The zero-order chi connectivity index (χ0) is 13.1. The van der Waals surface area contributed by atoms with Gasteiger partial charge < -0.3 is 5.73 Å². The van der Waals surface area contributed by atoms with Gasteiger partial charge in [0, 0.05) is 20.1 Å². The van der Waals surface area contributed by atoms with Crippen LogP contribution in [0.3, 0.4) is 0 Å². The number of hydrogen-bond donors (Lipinski definition) is 1. The molecular formula is C13H11BrClNOS. The Morgan fingerprint density at radius 2 is 2.00 bits per heavy atom. The van der Waals surface area contributed by atoms with Crippen LogP contribution in [-0.4, -0.2) is 4.21 Å². The van der Waals surface area contributed by atoms with Gasteiger partial charge in [-0.05, 0) is 35.9 Å². The van der Waals surface area contributed by atoms with E-state index < -0.39 is 10.8 Å². The van der Waals surface area contributed by atoms with Gasteiger partial charge in [-0.15, -0.1) is 0 Å². The summed E-state index contributed by atoms with van der Waals surface area (Å²) in [5.74, 6) is 0.384. The molecule has 18 heavy (non-hydrogen) atoms. The van der Waals surface area contributed by atoms with Crippen molar-refractivity contribution in [2.75, 3.05) is 5.73 Å². The standard InChI is InChI=1S/C13H11BrClNOS/c14-10-2-1-3-12(6-10)18(17)8-9-4-5-11(16)7-13(9)15/h1-7H,8,16H2. The molecule has 2 N–H and O–H groups in total. The molecule has 0 bridgehead atoms. The maximum Gasteiger partial charge on any atom is 0.0575 e. The molecule has 2 nitrogen and oxygen atoms in total. The lowest BCUT2D eigenvalue weighted by Crippen LogP contribution is -1.98. The van der Waals surface area contributed by atoms with Crippen LogP contribution in [0.25, 0.3) is 0 Å². The molecule has 5 heteroatoms. The summed E-state index contributed by atoms with van der Waals surface area (Å²) in [4.78, 5) is 0.775. The van der Waals surface area contributed by atoms with Gasteiger partial charge in [-0.2, -0.15) is 0 Å². The molecule has 94 valence electrons. The molecule has 0 aliphatic carbocycles. The van der Waals surface area contributed by atoms with Gasteiger partial charge in [0.25, 0.3) is 0 Å². The van der Waals surface area contributed by atoms with Gasteiger partial charge in [0.1, 0.15) is 0 Å². The van der Waals surface area contributed by atoms with Crippen LogP contribution in [0.15, 0.2) is 51.8 Å². The molecule has 0 heterocycles. The number of benzene rings is 2. The molecule has 1 atom stereocenters. The minimum atomic E-state index is -1.12. The van der Waals surface area contributed by atoms with E-state index in [1.807, 2.05) is 30.3 Å². The lowest BCUT2D eigenvalue weighted by molar-refractivity contribution is 0.682. The summed E-state index contributed by atoms with van der Waals surface area (Å²) in [6, 6.07) is 12.7. The molecule has 0 aromatic heterocycles. The zero-order valence-electron chi connectivity index (χ0n) is 9.40. The zero-order valence-corrected chi connectivity index (χ0v) is 12.6. The lowest BCUT2D eigenvalue weighted by Gasteiger charge is -2.06. The molecule has 0 aliphatic heterocycles. The Hall–Kier alpha value is -0.840. The molecule has 2 aromatic rings. The van der Waals surface area contributed by atoms with Crippen LogP contribution >= 0.6 is 27.5 Å². The highest BCUT2D eigenvalue weighted by molar-refractivity contribution is 9.10. The number of nitrogens with two attached hydrogens (primary N) is 1. The maximum atomic E-state index is 12.2. The van der Waals surface area contributed by atoms with E-state index in [2.05, 4.69) is 15.9 Å². The van der Waals surface area contributed by atoms with E-state index >= 15 is 0 Å². The topological polar surface area (TPSA) is 43.1 Å². The van der Waals surface area contributed by atoms with Gasteiger partial charge in [-0.1, -0.05) is 39.7 Å². The molecule has 0 aliphatic rings. The van der Waals surface area contributed by atoms with Gasteiger partial charge in [-0.3, -0.25) is 4.21 Å². The van der Waals surface area contributed by atoms with Crippen molar-refractivity contribution in [2.24, 2.45) is 0 Å². The summed E-state index contributed by atoms with van der Waals surface area (Å²) in [6.45, 7) is 0. The highest BCUT2D eigenvalue weighted by Gasteiger charge is 2.08. The van der Waals surface area contributed by atoms with Gasteiger partial charge in [0.2, 0.25) is 0 Å². The molecule has 0 fully saturated rings. The summed E-state index contributed by atoms with van der Waals surface area (Å²) >= 11 is 9.43. The summed E-state index contributed by atoms with van der Waals surface area (Å²) in [6.07, 6.45) is 0. The van der Waals surface area contributed by atoms with E-state index in [4.69, 9.17) is 17.3 Å². The fourth-order valence-electron chi connectivity index (χ4n) is 1.51. The van der Waals surface area contributed by atoms with Crippen molar-refractivity contribution in [2.45, 2.75) is 10.6 Å². The molecule has 2 aromatic carbocycles. The second-order valence-corrected chi connectivity index (χ2v) is 6.57. The Bertz CT molecular complexity index is 603. The van der Waals surface area contributed by atoms with Crippen molar-refractivity contribution in [1.82, 2.24) is 0 Å². The number of anilines is 1. The van der Waals surface area contributed by atoms with E-state index in [9.17, 15) is 4.21 Å². The van der Waals surface area contributed by atoms with Crippen LogP contribution in [0.1, 0.15) is 5.56 Å². The molecule has 0 amide bonds.